The highest BCUT2D eigenvalue weighted by atomic mass is 35.5. The Kier molecular flexibility index (Phi) is 5.67. The molecule has 0 saturated carbocycles. The van der Waals surface area contributed by atoms with Crippen molar-refractivity contribution in [2.75, 3.05) is 0 Å². The van der Waals surface area contributed by atoms with Crippen LogP contribution in [0.25, 0.3) is 28.0 Å². The molecule has 0 fully saturated rings. The lowest BCUT2D eigenvalue weighted by Gasteiger charge is -2.13. The van der Waals surface area contributed by atoms with Gasteiger partial charge in [0, 0.05) is 22.6 Å². The molecule has 3 aromatic carbocycles. The summed E-state index contributed by atoms with van der Waals surface area (Å²) in [6, 6.07) is 24.6. The first kappa shape index (κ1) is 21.3. The van der Waals surface area contributed by atoms with Crippen LogP contribution in [-0.2, 0) is 6.42 Å². The van der Waals surface area contributed by atoms with E-state index >= 15 is 0 Å². The molecule has 0 N–H and O–H groups in total. The van der Waals surface area contributed by atoms with Crippen molar-refractivity contribution >= 4 is 28.8 Å². The molecule has 0 aliphatic heterocycles. The van der Waals surface area contributed by atoms with Crippen LogP contribution in [0.15, 0.2) is 83.7 Å². The standard InChI is InChI=1S/C26H18Cl2N4O/c1-16-6-8-17(9-7-16)14-23-26(33)32-24(30-29-23)15-21(18-10-12-19(27)13-11-18)25(31-32)20-4-2-3-5-22(20)28/h2-13,15H,14H2,1H3. The van der Waals surface area contributed by atoms with Crippen LogP contribution in [0.4, 0.5) is 0 Å². The average molecular weight is 473 g/mol. The van der Waals surface area contributed by atoms with Crippen LogP contribution in [0.5, 0.6) is 0 Å². The Labute approximate surface area is 200 Å². The van der Waals surface area contributed by atoms with Crippen LogP contribution in [0.3, 0.4) is 0 Å². The highest BCUT2D eigenvalue weighted by Crippen LogP contribution is 2.35. The summed E-state index contributed by atoms with van der Waals surface area (Å²) in [6.45, 7) is 2.02. The van der Waals surface area contributed by atoms with E-state index in [1.54, 1.807) is 24.3 Å². The van der Waals surface area contributed by atoms with E-state index in [-0.39, 0.29) is 5.56 Å². The minimum absolute atomic E-state index is 0.309. The van der Waals surface area contributed by atoms with Gasteiger partial charge in [0.05, 0.1) is 5.02 Å². The van der Waals surface area contributed by atoms with Crippen molar-refractivity contribution in [1.29, 1.82) is 0 Å². The van der Waals surface area contributed by atoms with E-state index in [2.05, 4.69) is 10.2 Å². The third-order valence-electron chi connectivity index (χ3n) is 5.43. The van der Waals surface area contributed by atoms with Crippen molar-refractivity contribution in [2.45, 2.75) is 13.3 Å². The topological polar surface area (TPSA) is 60.1 Å². The van der Waals surface area contributed by atoms with Crippen LogP contribution in [-0.4, -0.2) is 19.8 Å². The summed E-state index contributed by atoms with van der Waals surface area (Å²) in [5, 5.41) is 14.4. The van der Waals surface area contributed by atoms with Crippen LogP contribution in [0, 0.1) is 6.92 Å². The van der Waals surface area contributed by atoms with Gasteiger partial charge in [-0.15, -0.1) is 10.2 Å². The molecule has 2 aromatic heterocycles. The van der Waals surface area contributed by atoms with Crippen LogP contribution >= 0.6 is 23.2 Å². The minimum atomic E-state index is -0.309. The number of hydrogen-bond donors (Lipinski definition) is 0. The predicted octanol–water partition coefficient (Wildman–Crippen LogP) is 6.02. The Hall–Kier alpha value is -3.54. The molecule has 0 amide bonds. The lowest BCUT2D eigenvalue weighted by Crippen LogP contribution is -2.24. The molecule has 0 bridgehead atoms. The van der Waals surface area contributed by atoms with Gasteiger partial charge in [-0.05, 0) is 42.3 Å². The van der Waals surface area contributed by atoms with Crippen LogP contribution < -0.4 is 5.56 Å². The lowest BCUT2D eigenvalue weighted by molar-refractivity contribution is 0.790. The number of aryl methyl sites for hydroxylation is 1. The fourth-order valence-electron chi connectivity index (χ4n) is 3.67. The third kappa shape index (κ3) is 4.25. The molecule has 0 atom stereocenters. The molecule has 0 aliphatic rings. The third-order valence-corrected chi connectivity index (χ3v) is 6.02. The van der Waals surface area contributed by atoms with Crippen molar-refractivity contribution in [3.63, 3.8) is 0 Å². The minimum Gasteiger partial charge on any atom is -0.265 e. The van der Waals surface area contributed by atoms with Crippen molar-refractivity contribution in [1.82, 2.24) is 19.8 Å². The SMILES string of the molecule is Cc1ccc(Cc2nnc3cc(-c4ccc(Cl)cc4)c(-c4ccccc4Cl)nn3c2=O)cc1. The second-order valence-electron chi connectivity index (χ2n) is 7.78. The van der Waals surface area contributed by atoms with Gasteiger partial charge in [-0.25, -0.2) is 0 Å². The van der Waals surface area contributed by atoms with Gasteiger partial charge in [0.2, 0.25) is 0 Å². The van der Waals surface area contributed by atoms with E-state index in [0.29, 0.717) is 33.5 Å². The van der Waals surface area contributed by atoms with Gasteiger partial charge in [-0.3, -0.25) is 4.79 Å². The van der Waals surface area contributed by atoms with Gasteiger partial charge in [0.15, 0.2) is 5.65 Å². The fraction of sp³-hybridized carbons (Fsp3) is 0.0769. The van der Waals surface area contributed by atoms with Gasteiger partial charge >= 0.3 is 0 Å². The summed E-state index contributed by atoms with van der Waals surface area (Å²) in [5.41, 5.74) is 5.46. The molecular weight excluding hydrogens is 455 g/mol. The van der Waals surface area contributed by atoms with Crippen molar-refractivity contribution < 1.29 is 0 Å². The van der Waals surface area contributed by atoms with Gasteiger partial charge < -0.3 is 0 Å². The van der Waals surface area contributed by atoms with Gasteiger partial charge in [-0.1, -0.05) is 83.4 Å². The molecule has 5 nitrogen and oxygen atoms in total. The first-order valence-corrected chi connectivity index (χ1v) is 11.1. The fourth-order valence-corrected chi connectivity index (χ4v) is 4.02. The van der Waals surface area contributed by atoms with Gasteiger partial charge in [0.25, 0.3) is 5.56 Å². The maximum Gasteiger partial charge on any atom is 0.296 e. The second-order valence-corrected chi connectivity index (χ2v) is 8.62. The Morgan fingerprint density at radius 1 is 0.848 bits per heavy atom. The van der Waals surface area contributed by atoms with E-state index in [1.807, 2.05) is 61.5 Å². The number of rotatable bonds is 4. The zero-order valence-corrected chi connectivity index (χ0v) is 19.2. The zero-order valence-electron chi connectivity index (χ0n) is 17.7. The molecule has 0 unspecified atom stereocenters. The summed E-state index contributed by atoms with van der Waals surface area (Å²) in [6.07, 6.45) is 0.372. The normalized spacial score (nSPS) is 11.1. The number of nitrogens with zero attached hydrogens (tertiary/aromatic N) is 4. The van der Waals surface area contributed by atoms with E-state index < -0.39 is 0 Å². The Morgan fingerprint density at radius 3 is 2.30 bits per heavy atom. The highest BCUT2D eigenvalue weighted by Gasteiger charge is 2.17. The average Bonchev–Trinajstić information content (AvgIpc) is 2.83. The number of fused-ring (bicyclic) bond motifs is 1. The summed E-state index contributed by atoms with van der Waals surface area (Å²) in [5.74, 6) is 0. The zero-order chi connectivity index (χ0) is 22.9. The summed E-state index contributed by atoms with van der Waals surface area (Å²) >= 11 is 12.6. The number of aromatic nitrogens is 4. The van der Waals surface area contributed by atoms with Crippen molar-refractivity contribution in [3.8, 4) is 22.4 Å². The first-order valence-electron chi connectivity index (χ1n) is 10.4. The molecule has 5 rings (SSSR count). The monoisotopic (exact) mass is 472 g/mol. The lowest BCUT2D eigenvalue weighted by atomic mass is 10.00. The Bertz CT molecular complexity index is 1530. The van der Waals surface area contributed by atoms with Crippen LogP contribution in [0.1, 0.15) is 16.8 Å². The second kappa shape index (κ2) is 8.77. The van der Waals surface area contributed by atoms with E-state index in [0.717, 1.165) is 27.8 Å². The molecule has 2 heterocycles. The van der Waals surface area contributed by atoms with Crippen LogP contribution in [0.2, 0.25) is 10.0 Å². The molecule has 0 spiro atoms. The molecule has 162 valence electrons. The molecule has 33 heavy (non-hydrogen) atoms. The molecule has 0 saturated heterocycles. The molecule has 7 heteroatoms. The summed E-state index contributed by atoms with van der Waals surface area (Å²) < 4.78 is 1.30. The Morgan fingerprint density at radius 2 is 1.58 bits per heavy atom. The predicted molar refractivity (Wildman–Crippen MR) is 132 cm³/mol. The van der Waals surface area contributed by atoms with Gasteiger partial charge in [-0.2, -0.15) is 9.61 Å². The number of halogens is 2. The maximum absolute atomic E-state index is 13.3. The van der Waals surface area contributed by atoms with Crippen molar-refractivity contribution in [2.24, 2.45) is 0 Å². The number of benzene rings is 3. The summed E-state index contributed by atoms with van der Waals surface area (Å²) in [4.78, 5) is 13.3. The summed E-state index contributed by atoms with van der Waals surface area (Å²) in [7, 11) is 0. The van der Waals surface area contributed by atoms with E-state index in [4.69, 9.17) is 28.3 Å². The highest BCUT2D eigenvalue weighted by molar-refractivity contribution is 6.33. The molecule has 5 aromatic rings. The first-order chi connectivity index (χ1) is 16.0. The quantitative estimate of drug-likeness (QED) is 0.320. The van der Waals surface area contributed by atoms with Crippen molar-refractivity contribution in [3.05, 3.63) is 116 Å². The molecule has 0 aliphatic carbocycles. The van der Waals surface area contributed by atoms with E-state index in [9.17, 15) is 4.79 Å². The maximum atomic E-state index is 13.3. The number of hydrogen-bond acceptors (Lipinski definition) is 4. The smallest absolute Gasteiger partial charge is 0.265 e. The molecule has 0 radical (unpaired) electrons. The van der Waals surface area contributed by atoms with E-state index in [1.165, 1.54) is 4.52 Å². The van der Waals surface area contributed by atoms with Gasteiger partial charge in [0.1, 0.15) is 11.4 Å². The molecular formula is C26H18Cl2N4O. The largest absolute Gasteiger partial charge is 0.296 e. The Balaban J connectivity index is 1.71.